The molecule has 1 aliphatic rings. The number of ether oxygens (including phenoxy) is 4. The monoisotopic (exact) mass is 462 g/mol. The van der Waals surface area contributed by atoms with Crippen LogP contribution in [0.5, 0.6) is 23.0 Å². The smallest absolute Gasteiger partial charge is 0.268 e. The first kappa shape index (κ1) is 23.0. The summed E-state index contributed by atoms with van der Waals surface area (Å²) in [6.45, 7) is 2.14. The molecule has 0 saturated heterocycles. The summed E-state index contributed by atoms with van der Waals surface area (Å²) in [5.41, 5.74) is 2.52. The Morgan fingerprint density at radius 2 is 1.65 bits per heavy atom. The van der Waals surface area contributed by atoms with Crippen molar-refractivity contribution in [1.29, 1.82) is 0 Å². The van der Waals surface area contributed by atoms with Gasteiger partial charge >= 0.3 is 0 Å². The van der Waals surface area contributed by atoms with Crippen molar-refractivity contribution in [1.82, 2.24) is 0 Å². The average molecular weight is 463 g/mol. The molecule has 0 radical (unpaired) electrons. The lowest BCUT2D eigenvalue weighted by Gasteiger charge is -2.33. The Hall–Kier alpha value is -4.20. The predicted molar refractivity (Wildman–Crippen MR) is 128 cm³/mol. The van der Waals surface area contributed by atoms with Gasteiger partial charge in [0.25, 0.3) is 11.8 Å². The van der Waals surface area contributed by atoms with Crippen molar-refractivity contribution in [2.45, 2.75) is 19.6 Å². The maximum atomic E-state index is 13.0. The third-order valence-electron chi connectivity index (χ3n) is 5.54. The first-order valence-corrected chi connectivity index (χ1v) is 10.7. The summed E-state index contributed by atoms with van der Waals surface area (Å²) in [4.78, 5) is 27.5. The molecule has 176 valence electrons. The number of rotatable bonds is 7. The summed E-state index contributed by atoms with van der Waals surface area (Å²) in [6.07, 6.45) is -0.641. The van der Waals surface area contributed by atoms with Crippen molar-refractivity contribution in [3.8, 4) is 23.0 Å². The predicted octanol–water partition coefficient (Wildman–Crippen LogP) is 4.28. The number of hydrogen-bond donors (Lipinski definition) is 1. The lowest BCUT2D eigenvalue weighted by molar-refractivity contribution is -0.125. The van der Waals surface area contributed by atoms with E-state index in [1.54, 1.807) is 42.2 Å². The molecule has 8 heteroatoms. The first-order chi connectivity index (χ1) is 16.4. The molecular formula is C26H26N2O6. The van der Waals surface area contributed by atoms with E-state index in [1.807, 2.05) is 30.3 Å². The van der Waals surface area contributed by atoms with Crippen LogP contribution in [0, 0.1) is 0 Å². The lowest BCUT2D eigenvalue weighted by atomic mass is 10.1. The van der Waals surface area contributed by atoms with E-state index < -0.39 is 6.10 Å². The molecule has 3 aromatic carbocycles. The van der Waals surface area contributed by atoms with Crippen LogP contribution < -0.4 is 29.2 Å². The van der Waals surface area contributed by atoms with Crippen molar-refractivity contribution in [2.75, 3.05) is 31.5 Å². The Balaban J connectivity index is 1.60. The molecule has 0 spiro atoms. The number of amides is 2. The minimum absolute atomic E-state index is 0.120. The van der Waals surface area contributed by atoms with E-state index in [0.717, 1.165) is 5.56 Å². The van der Waals surface area contributed by atoms with E-state index in [9.17, 15) is 9.59 Å². The summed E-state index contributed by atoms with van der Waals surface area (Å²) in [7, 11) is 4.48. The molecule has 8 nitrogen and oxygen atoms in total. The Labute approximate surface area is 198 Å². The molecule has 1 N–H and O–H groups in total. The SMILES string of the molecule is COc1cc(C(=O)Nc2ccc3c(c2)OC(C)C(=O)N3Cc2ccccc2)cc(OC)c1OC. The van der Waals surface area contributed by atoms with Crippen LogP contribution in [0.1, 0.15) is 22.8 Å². The fourth-order valence-electron chi connectivity index (χ4n) is 3.83. The van der Waals surface area contributed by atoms with Gasteiger partial charge in [0.1, 0.15) is 5.75 Å². The van der Waals surface area contributed by atoms with Gasteiger partial charge in [-0.05, 0) is 36.8 Å². The Bertz CT molecular complexity index is 1190. The standard InChI is InChI=1S/C26H26N2O6/c1-16-26(30)28(15-17-8-6-5-7-9-17)20-11-10-19(14-21(20)34-16)27-25(29)18-12-22(31-2)24(33-4)23(13-18)32-3/h5-14,16H,15H2,1-4H3,(H,27,29). The van der Waals surface area contributed by atoms with Gasteiger partial charge in [-0.3, -0.25) is 9.59 Å². The number of fused-ring (bicyclic) bond motifs is 1. The van der Waals surface area contributed by atoms with Gasteiger partial charge in [-0.1, -0.05) is 30.3 Å². The molecule has 0 fully saturated rings. The number of benzene rings is 3. The molecule has 1 unspecified atom stereocenters. The molecule has 2 amide bonds. The van der Waals surface area contributed by atoms with Gasteiger partial charge in [0.15, 0.2) is 17.6 Å². The highest BCUT2D eigenvalue weighted by Crippen LogP contribution is 2.39. The molecule has 1 heterocycles. The van der Waals surface area contributed by atoms with Crippen molar-refractivity contribution in [3.05, 3.63) is 71.8 Å². The summed E-state index contributed by atoms with van der Waals surface area (Å²) in [6, 6.07) is 18.1. The van der Waals surface area contributed by atoms with Gasteiger partial charge in [-0.25, -0.2) is 0 Å². The third kappa shape index (κ3) is 4.47. The second-order valence-corrected chi connectivity index (χ2v) is 7.72. The highest BCUT2D eigenvalue weighted by atomic mass is 16.5. The quantitative estimate of drug-likeness (QED) is 0.564. The maximum absolute atomic E-state index is 13.0. The zero-order chi connectivity index (χ0) is 24.2. The van der Waals surface area contributed by atoms with Crippen LogP contribution in [0.15, 0.2) is 60.7 Å². The maximum Gasteiger partial charge on any atom is 0.268 e. The minimum Gasteiger partial charge on any atom is -0.493 e. The van der Waals surface area contributed by atoms with Gasteiger partial charge in [0.2, 0.25) is 5.75 Å². The zero-order valence-electron chi connectivity index (χ0n) is 19.5. The molecule has 4 rings (SSSR count). The number of carbonyl (C=O) groups is 2. The van der Waals surface area contributed by atoms with Crippen LogP contribution in [0.4, 0.5) is 11.4 Å². The number of nitrogens with zero attached hydrogens (tertiary/aromatic N) is 1. The van der Waals surface area contributed by atoms with E-state index in [1.165, 1.54) is 21.3 Å². The second-order valence-electron chi connectivity index (χ2n) is 7.72. The van der Waals surface area contributed by atoms with Crippen molar-refractivity contribution in [2.24, 2.45) is 0 Å². The first-order valence-electron chi connectivity index (χ1n) is 10.7. The van der Waals surface area contributed by atoms with E-state index in [2.05, 4.69) is 5.32 Å². The molecular weight excluding hydrogens is 436 g/mol. The molecule has 3 aromatic rings. The van der Waals surface area contributed by atoms with Gasteiger partial charge < -0.3 is 29.2 Å². The largest absolute Gasteiger partial charge is 0.493 e. The third-order valence-corrected chi connectivity index (χ3v) is 5.54. The number of methoxy groups -OCH3 is 3. The van der Waals surface area contributed by atoms with Crippen LogP contribution in [-0.4, -0.2) is 39.2 Å². The molecule has 0 saturated carbocycles. The summed E-state index contributed by atoms with van der Waals surface area (Å²) in [5.74, 6) is 1.20. The molecule has 0 aliphatic carbocycles. The van der Waals surface area contributed by atoms with Crippen molar-refractivity contribution >= 4 is 23.2 Å². The van der Waals surface area contributed by atoms with Gasteiger partial charge in [-0.15, -0.1) is 0 Å². The summed E-state index contributed by atoms with van der Waals surface area (Å²) >= 11 is 0. The summed E-state index contributed by atoms with van der Waals surface area (Å²) in [5, 5.41) is 2.86. The van der Waals surface area contributed by atoms with Crippen molar-refractivity contribution < 1.29 is 28.5 Å². The molecule has 1 atom stereocenters. The number of nitrogens with one attached hydrogen (secondary N) is 1. The van der Waals surface area contributed by atoms with Crippen LogP contribution in [-0.2, 0) is 11.3 Å². The average Bonchev–Trinajstić information content (AvgIpc) is 2.86. The van der Waals surface area contributed by atoms with E-state index in [-0.39, 0.29) is 11.8 Å². The minimum atomic E-state index is -0.641. The van der Waals surface area contributed by atoms with Crippen LogP contribution in [0.3, 0.4) is 0 Å². The Morgan fingerprint density at radius 3 is 2.26 bits per heavy atom. The highest BCUT2D eigenvalue weighted by molar-refractivity contribution is 6.06. The fraction of sp³-hybridized carbons (Fsp3) is 0.231. The van der Waals surface area contributed by atoms with Gasteiger partial charge in [0, 0.05) is 17.3 Å². The summed E-state index contributed by atoms with van der Waals surface area (Å²) < 4.78 is 21.8. The number of anilines is 2. The number of hydrogen-bond acceptors (Lipinski definition) is 6. The van der Waals surface area contributed by atoms with Crippen LogP contribution >= 0.6 is 0 Å². The van der Waals surface area contributed by atoms with Crippen LogP contribution in [0.25, 0.3) is 0 Å². The van der Waals surface area contributed by atoms with Crippen LogP contribution in [0.2, 0.25) is 0 Å². The molecule has 1 aliphatic heterocycles. The normalized spacial score (nSPS) is 14.6. The fourth-order valence-corrected chi connectivity index (χ4v) is 3.83. The molecule has 34 heavy (non-hydrogen) atoms. The number of carbonyl (C=O) groups excluding carboxylic acids is 2. The molecule has 0 bridgehead atoms. The molecule has 0 aromatic heterocycles. The van der Waals surface area contributed by atoms with E-state index in [0.29, 0.717) is 46.5 Å². The van der Waals surface area contributed by atoms with Gasteiger partial charge in [-0.2, -0.15) is 0 Å². The lowest BCUT2D eigenvalue weighted by Crippen LogP contribution is -2.44. The van der Waals surface area contributed by atoms with E-state index >= 15 is 0 Å². The van der Waals surface area contributed by atoms with E-state index in [4.69, 9.17) is 18.9 Å². The topological polar surface area (TPSA) is 86.3 Å². The second kappa shape index (κ2) is 9.74. The Kier molecular flexibility index (Phi) is 6.58. The van der Waals surface area contributed by atoms with Gasteiger partial charge in [0.05, 0.1) is 33.6 Å². The highest BCUT2D eigenvalue weighted by Gasteiger charge is 2.32. The zero-order valence-corrected chi connectivity index (χ0v) is 19.5. The Morgan fingerprint density at radius 1 is 0.971 bits per heavy atom. The van der Waals surface area contributed by atoms with Crippen molar-refractivity contribution in [3.63, 3.8) is 0 Å².